The van der Waals surface area contributed by atoms with Crippen LogP contribution in [-0.4, -0.2) is 5.78 Å². The van der Waals surface area contributed by atoms with Crippen molar-refractivity contribution in [1.29, 1.82) is 0 Å². The van der Waals surface area contributed by atoms with Gasteiger partial charge in [-0.1, -0.05) is 30.3 Å². The molecule has 0 saturated carbocycles. The molecule has 0 aliphatic carbocycles. The second-order valence-electron chi connectivity index (χ2n) is 1.92. The molecule has 0 saturated heterocycles. The molecule has 0 fully saturated rings. The van der Waals surface area contributed by atoms with Crippen molar-refractivity contribution in [2.75, 3.05) is 0 Å². The van der Waals surface area contributed by atoms with Gasteiger partial charge in [0.25, 0.3) is 0 Å². The normalized spacial score (nSPS) is 8.10. The SMILES string of the molecule is CC(=O)c1ccccc1.[Co]. The zero-order valence-corrected chi connectivity index (χ0v) is 6.67. The molecule has 1 aromatic carbocycles. The first kappa shape index (κ1) is 9.40. The third-order valence-electron chi connectivity index (χ3n) is 1.18. The molecular weight excluding hydrogens is 171 g/mol. The number of hydrogen-bond donors (Lipinski definition) is 0. The molecule has 0 atom stereocenters. The number of carbonyl (C=O) groups excluding carboxylic acids is 1. The van der Waals surface area contributed by atoms with Gasteiger partial charge in [-0.3, -0.25) is 4.79 Å². The van der Waals surface area contributed by atoms with Gasteiger partial charge in [-0.15, -0.1) is 0 Å². The van der Waals surface area contributed by atoms with Crippen LogP contribution in [0.5, 0.6) is 0 Å². The molecule has 0 amide bonds. The molecule has 0 spiro atoms. The van der Waals surface area contributed by atoms with Crippen LogP contribution in [0.3, 0.4) is 0 Å². The molecule has 10 heavy (non-hydrogen) atoms. The number of rotatable bonds is 1. The maximum Gasteiger partial charge on any atom is 0.159 e. The minimum absolute atomic E-state index is 0. The molecule has 1 nitrogen and oxygen atoms in total. The number of benzene rings is 1. The fourth-order valence-corrected chi connectivity index (χ4v) is 0.673. The van der Waals surface area contributed by atoms with Gasteiger partial charge in [0.2, 0.25) is 0 Å². The van der Waals surface area contributed by atoms with Crippen LogP contribution in [0.25, 0.3) is 0 Å². The van der Waals surface area contributed by atoms with Gasteiger partial charge in [0.15, 0.2) is 5.78 Å². The van der Waals surface area contributed by atoms with E-state index in [9.17, 15) is 4.79 Å². The maximum absolute atomic E-state index is 10.6. The molecular formula is C8H8CoO. The van der Waals surface area contributed by atoms with E-state index >= 15 is 0 Å². The van der Waals surface area contributed by atoms with E-state index < -0.39 is 0 Å². The Labute approximate surface area is 70.6 Å². The van der Waals surface area contributed by atoms with Crippen molar-refractivity contribution >= 4 is 5.78 Å². The third-order valence-corrected chi connectivity index (χ3v) is 1.18. The fourth-order valence-electron chi connectivity index (χ4n) is 0.673. The van der Waals surface area contributed by atoms with Crippen LogP contribution < -0.4 is 0 Å². The number of hydrogen-bond acceptors (Lipinski definition) is 1. The molecule has 2 heteroatoms. The molecule has 0 heterocycles. The molecule has 1 radical (unpaired) electrons. The minimum atomic E-state index is 0. The Morgan fingerprint density at radius 2 is 1.70 bits per heavy atom. The summed E-state index contributed by atoms with van der Waals surface area (Å²) in [5.41, 5.74) is 0.775. The Kier molecular flexibility index (Phi) is 3.99. The second-order valence-corrected chi connectivity index (χ2v) is 1.92. The molecule has 0 bridgehead atoms. The van der Waals surface area contributed by atoms with Crippen LogP contribution in [0.2, 0.25) is 0 Å². The molecule has 0 aromatic heterocycles. The van der Waals surface area contributed by atoms with Gasteiger partial charge >= 0.3 is 0 Å². The average molecular weight is 179 g/mol. The quantitative estimate of drug-likeness (QED) is 0.601. The summed E-state index contributed by atoms with van der Waals surface area (Å²) in [6.45, 7) is 1.56. The van der Waals surface area contributed by atoms with Gasteiger partial charge in [0, 0.05) is 22.3 Å². The number of Topliss-reactive ketones (excluding diaryl/α,β-unsaturated/α-hetero) is 1. The van der Waals surface area contributed by atoms with Crippen molar-refractivity contribution < 1.29 is 21.6 Å². The Morgan fingerprint density at radius 1 is 1.20 bits per heavy atom. The zero-order chi connectivity index (χ0) is 6.69. The summed E-state index contributed by atoms with van der Waals surface area (Å²) in [7, 11) is 0. The van der Waals surface area contributed by atoms with Crippen LogP contribution in [-0.2, 0) is 16.8 Å². The minimum Gasteiger partial charge on any atom is -0.295 e. The molecule has 0 aliphatic rings. The molecule has 0 N–H and O–H groups in total. The van der Waals surface area contributed by atoms with Gasteiger partial charge < -0.3 is 0 Å². The summed E-state index contributed by atoms with van der Waals surface area (Å²) in [6.07, 6.45) is 0. The van der Waals surface area contributed by atoms with E-state index in [-0.39, 0.29) is 22.6 Å². The number of carbonyl (C=O) groups is 1. The third kappa shape index (κ3) is 2.33. The van der Waals surface area contributed by atoms with Crippen molar-refractivity contribution in [3.05, 3.63) is 35.9 Å². The van der Waals surface area contributed by atoms with Gasteiger partial charge in [0.1, 0.15) is 0 Å². The average Bonchev–Trinajstić information content (AvgIpc) is 1.90. The zero-order valence-electron chi connectivity index (χ0n) is 5.63. The van der Waals surface area contributed by atoms with E-state index in [2.05, 4.69) is 0 Å². The predicted molar refractivity (Wildman–Crippen MR) is 36.4 cm³/mol. The topological polar surface area (TPSA) is 17.1 Å². The van der Waals surface area contributed by atoms with Crippen molar-refractivity contribution in [3.63, 3.8) is 0 Å². The van der Waals surface area contributed by atoms with Gasteiger partial charge in [-0.05, 0) is 6.92 Å². The summed E-state index contributed by atoms with van der Waals surface area (Å²) >= 11 is 0. The van der Waals surface area contributed by atoms with E-state index in [4.69, 9.17) is 0 Å². The molecule has 1 rings (SSSR count). The van der Waals surface area contributed by atoms with Gasteiger partial charge in [-0.25, -0.2) is 0 Å². The first-order chi connectivity index (χ1) is 4.30. The van der Waals surface area contributed by atoms with Crippen molar-refractivity contribution in [2.24, 2.45) is 0 Å². The largest absolute Gasteiger partial charge is 0.295 e. The summed E-state index contributed by atoms with van der Waals surface area (Å²) in [6, 6.07) is 9.23. The number of ketones is 1. The smallest absolute Gasteiger partial charge is 0.159 e. The van der Waals surface area contributed by atoms with Crippen LogP contribution >= 0.6 is 0 Å². The summed E-state index contributed by atoms with van der Waals surface area (Å²) in [5, 5.41) is 0. The summed E-state index contributed by atoms with van der Waals surface area (Å²) < 4.78 is 0. The summed E-state index contributed by atoms with van der Waals surface area (Å²) in [5.74, 6) is 0.121. The second kappa shape index (κ2) is 4.25. The van der Waals surface area contributed by atoms with E-state index in [0.29, 0.717) is 0 Å². The van der Waals surface area contributed by atoms with Crippen molar-refractivity contribution in [2.45, 2.75) is 6.92 Å². The Balaban J connectivity index is 0.000000810. The van der Waals surface area contributed by atoms with Crippen LogP contribution in [0.4, 0.5) is 0 Å². The van der Waals surface area contributed by atoms with Crippen LogP contribution in [0.15, 0.2) is 30.3 Å². The van der Waals surface area contributed by atoms with E-state index in [0.717, 1.165) is 5.56 Å². The first-order valence-electron chi connectivity index (χ1n) is 2.86. The van der Waals surface area contributed by atoms with Crippen LogP contribution in [0.1, 0.15) is 17.3 Å². The van der Waals surface area contributed by atoms with Crippen molar-refractivity contribution in [3.8, 4) is 0 Å². The van der Waals surface area contributed by atoms with Gasteiger partial charge in [-0.2, -0.15) is 0 Å². The van der Waals surface area contributed by atoms with E-state index in [1.54, 1.807) is 6.92 Å². The van der Waals surface area contributed by atoms with Crippen LogP contribution in [0, 0.1) is 0 Å². The fraction of sp³-hybridized carbons (Fsp3) is 0.125. The maximum atomic E-state index is 10.6. The molecule has 0 aliphatic heterocycles. The molecule has 1 aromatic rings. The summed E-state index contributed by atoms with van der Waals surface area (Å²) in [4.78, 5) is 10.6. The Bertz CT molecular complexity index is 206. The van der Waals surface area contributed by atoms with Crippen molar-refractivity contribution in [1.82, 2.24) is 0 Å². The van der Waals surface area contributed by atoms with E-state index in [1.165, 1.54) is 0 Å². The molecule has 0 unspecified atom stereocenters. The first-order valence-corrected chi connectivity index (χ1v) is 2.86. The Morgan fingerprint density at radius 3 is 2.00 bits per heavy atom. The standard InChI is InChI=1S/C8H8O.Co/c1-7(9)8-5-3-2-4-6-8;/h2-6H,1H3;. The van der Waals surface area contributed by atoms with Gasteiger partial charge in [0.05, 0.1) is 0 Å². The predicted octanol–water partition coefficient (Wildman–Crippen LogP) is 1.89. The Hall–Kier alpha value is -0.604. The molecule has 55 valence electrons. The van der Waals surface area contributed by atoms with E-state index in [1.807, 2.05) is 30.3 Å². The monoisotopic (exact) mass is 179 g/mol.